The van der Waals surface area contributed by atoms with E-state index in [0.717, 1.165) is 18.1 Å². The summed E-state index contributed by atoms with van der Waals surface area (Å²) in [5.41, 5.74) is 6.99. The number of anilines is 1. The van der Waals surface area contributed by atoms with Crippen molar-refractivity contribution < 1.29 is 33.3 Å². The maximum atomic E-state index is 14.3. The van der Waals surface area contributed by atoms with Crippen LogP contribution < -0.4 is 11.1 Å². The summed E-state index contributed by atoms with van der Waals surface area (Å²) in [6.45, 7) is 5.50. The van der Waals surface area contributed by atoms with Crippen molar-refractivity contribution in [1.82, 2.24) is 0 Å². The van der Waals surface area contributed by atoms with Gasteiger partial charge >= 0.3 is 6.09 Å². The van der Waals surface area contributed by atoms with Crippen molar-refractivity contribution in [2.45, 2.75) is 77.6 Å². The molecule has 2 rings (SSSR count). The van der Waals surface area contributed by atoms with Gasteiger partial charge in [-0.3, -0.25) is 4.79 Å². The molecule has 0 spiro atoms. The van der Waals surface area contributed by atoms with Crippen LogP contribution in [0.1, 0.15) is 58.4 Å². The smallest absolute Gasteiger partial charge is 0.405 e. The highest BCUT2D eigenvalue weighted by Crippen LogP contribution is 2.32. The molecular formula is C27H39FN2O6. The molecule has 4 atom stereocenters. The number of rotatable bonds is 3. The van der Waals surface area contributed by atoms with Crippen LogP contribution in [0.5, 0.6) is 5.75 Å². The van der Waals surface area contributed by atoms with Gasteiger partial charge in [0.1, 0.15) is 11.6 Å². The van der Waals surface area contributed by atoms with Gasteiger partial charge in [-0.15, -0.1) is 0 Å². The number of carbonyl (C=O) groups excluding carboxylic acids is 2. The summed E-state index contributed by atoms with van der Waals surface area (Å²) in [4.78, 5) is 24.3. The van der Waals surface area contributed by atoms with Gasteiger partial charge in [-0.2, -0.15) is 0 Å². The normalized spacial score (nSPS) is 27.8. The second-order valence-corrected chi connectivity index (χ2v) is 9.44. The minimum absolute atomic E-state index is 0.0284. The topological polar surface area (TPSA) is 120 Å². The first kappa shape index (κ1) is 29.3. The number of amides is 2. The molecule has 0 saturated heterocycles. The summed E-state index contributed by atoms with van der Waals surface area (Å²) >= 11 is 0. The number of halogens is 1. The van der Waals surface area contributed by atoms with E-state index in [0.29, 0.717) is 43.2 Å². The van der Waals surface area contributed by atoms with Crippen molar-refractivity contribution in [2.75, 3.05) is 19.5 Å². The Labute approximate surface area is 212 Å². The Morgan fingerprint density at radius 1 is 1.14 bits per heavy atom. The molecule has 9 heteroatoms. The fourth-order valence-corrected chi connectivity index (χ4v) is 4.52. The van der Waals surface area contributed by atoms with Gasteiger partial charge in [-0.05, 0) is 75.5 Å². The third-order valence-corrected chi connectivity index (χ3v) is 6.52. The molecule has 1 heterocycles. The molecule has 0 aliphatic carbocycles. The molecule has 36 heavy (non-hydrogen) atoms. The lowest BCUT2D eigenvalue weighted by molar-refractivity contribution is -0.112. The number of ether oxygens (including phenoxy) is 3. The van der Waals surface area contributed by atoms with E-state index in [1.54, 1.807) is 20.1 Å². The van der Waals surface area contributed by atoms with E-state index in [9.17, 15) is 19.1 Å². The lowest BCUT2D eigenvalue weighted by Gasteiger charge is -2.26. The third-order valence-electron chi connectivity index (χ3n) is 6.52. The average molecular weight is 507 g/mol. The largest absolute Gasteiger partial charge is 0.505 e. The fourth-order valence-electron chi connectivity index (χ4n) is 4.52. The molecule has 1 aromatic rings. The number of nitrogens with one attached hydrogen (secondary N) is 1. The SMILES string of the molecule is COC1CC/C=C(\C)C(OC(N)=O)C(OC)CC/C=C(\C)C(=O)Nc2cc(F)cc(c2O)C[C@@H](C)C1. The Bertz CT molecular complexity index is 977. The number of carbonyl (C=O) groups is 2. The predicted molar refractivity (Wildman–Crippen MR) is 136 cm³/mol. The third kappa shape index (κ3) is 8.64. The molecule has 0 radical (unpaired) electrons. The first-order valence-corrected chi connectivity index (χ1v) is 12.2. The lowest BCUT2D eigenvalue weighted by Crippen LogP contribution is -2.35. The van der Waals surface area contributed by atoms with E-state index in [4.69, 9.17) is 19.9 Å². The van der Waals surface area contributed by atoms with Crippen molar-refractivity contribution in [1.29, 1.82) is 0 Å². The van der Waals surface area contributed by atoms with Crippen molar-refractivity contribution >= 4 is 17.7 Å². The van der Waals surface area contributed by atoms with E-state index in [1.165, 1.54) is 13.2 Å². The monoisotopic (exact) mass is 506 g/mol. The Morgan fingerprint density at radius 2 is 1.83 bits per heavy atom. The second kappa shape index (κ2) is 14.0. The standard InChI is InChI=1S/C27H39FN2O6/c1-16-12-19-14-20(28)15-22(24(19)31)30-26(32)18(3)9-7-11-23(35-5)25(36-27(29)33)17(2)8-6-10-21(13-16)34-4/h8-9,14-16,21,23,25,31H,6-7,10-13H2,1-5H3,(H2,29,33)(H,30,32)/b17-8+,18-9+/t16-,21?,23?,25?/m1/s1. The predicted octanol–water partition coefficient (Wildman–Crippen LogP) is 5.00. The maximum absolute atomic E-state index is 14.3. The fraction of sp³-hybridized carbons (Fsp3) is 0.556. The van der Waals surface area contributed by atoms with Gasteiger partial charge in [-0.25, -0.2) is 9.18 Å². The molecule has 0 fully saturated rings. The zero-order valence-corrected chi connectivity index (χ0v) is 21.8. The van der Waals surface area contributed by atoms with E-state index in [2.05, 4.69) is 5.32 Å². The number of hydrogen-bond donors (Lipinski definition) is 3. The van der Waals surface area contributed by atoms with Crippen LogP contribution in [0, 0.1) is 11.7 Å². The summed E-state index contributed by atoms with van der Waals surface area (Å²) < 4.78 is 31.0. The molecule has 8 nitrogen and oxygen atoms in total. The van der Waals surface area contributed by atoms with Crippen molar-refractivity contribution in [3.05, 3.63) is 46.8 Å². The number of nitrogens with two attached hydrogens (primary N) is 1. The van der Waals surface area contributed by atoms with Gasteiger partial charge in [0.05, 0.1) is 17.9 Å². The van der Waals surface area contributed by atoms with Gasteiger partial charge in [0.25, 0.3) is 5.91 Å². The minimum atomic E-state index is -0.892. The first-order valence-electron chi connectivity index (χ1n) is 12.2. The summed E-state index contributed by atoms with van der Waals surface area (Å²) in [6.07, 6.45) is 5.02. The zero-order valence-electron chi connectivity index (χ0n) is 21.8. The number of primary amides is 1. The number of hydrogen-bond acceptors (Lipinski definition) is 6. The van der Waals surface area contributed by atoms with Gasteiger partial charge < -0.3 is 30.4 Å². The molecule has 0 saturated carbocycles. The molecule has 1 aromatic carbocycles. The number of methoxy groups -OCH3 is 2. The van der Waals surface area contributed by atoms with Crippen LogP contribution in [0.3, 0.4) is 0 Å². The quantitative estimate of drug-likeness (QED) is 0.392. The summed E-state index contributed by atoms with van der Waals surface area (Å²) in [5, 5.41) is 13.3. The lowest BCUT2D eigenvalue weighted by atomic mass is 9.92. The van der Waals surface area contributed by atoms with Crippen LogP contribution in [-0.4, -0.2) is 49.6 Å². The number of phenols is 1. The molecule has 2 bridgehead atoms. The molecular weight excluding hydrogens is 467 g/mol. The van der Waals surface area contributed by atoms with E-state index in [1.807, 2.05) is 19.9 Å². The van der Waals surface area contributed by atoms with Crippen LogP contribution in [0.4, 0.5) is 14.9 Å². The van der Waals surface area contributed by atoms with Crippen LogP contribution in [0.15, 0.2) is 35.4 Å². The first-order chi connectivity index (χ1) is 17.0. The zero-order chi connectivity index (χ0) is 26.8. The number of allylic oxidation sites excluding steroid dienone is 2. The van der Waals surface area contributed by atoms with E-state index < -0.39 is 30.0 Å². The Hall–Kier alpha value is -2.91. The van der Waals surface area contributed by atoms with Crippen molar-refractivity contribution in [3.8, 4) is 5.75 Å². The summed E-state index contributed by atoms with van der Waals surface area (Å²) in [5.74, 6) is -1.06. The minimum Gasteiger partial charge on any atom is -0.505 e. The van der Waals surface area contributed by atoms with Gasteiger partial charge in [0, 0.05) is 25.9 Å². The Kier molecular flexibility index (Phi) is 11.4. The molecule has 1 aliphatic rings. The van der Waals surface area contributed by atoms with E-state index >= 15 is 0 Å². The molecule has 2 amide bonds. The number of phenolic OH excluding ortho intramolecular Hbond substituents is 1. The highest BCUT2D eigenvalue weighted by atomic mass is 19.1. The van der Waals surface area contributed by atoms with Crippen LogP contribution in [0.25, 0.3) is 0 Å². The average Bonchev–Trinajstić information content (AvgIpc) is 2.81. The highest BCUT2D eigenvalue weighted by molar-refractivity contribution is 6.04. The van der Waals surface area contributed by atoms with Crippen LogP contribution in [-0.2, 0) is 25.4 Å². The summed E-state index contributed by atoms with van der Waals surface area (Å²) in [6, 6.07) is 2.40. The molecule has 200 valence electrons. The van der Waals surface area contributed by atoms with Crippen molar-refractivity contribution in [3.63, 3.8) is 0 Å². The van der Waals surface area contributed by atoms with Gasteiger partial charge in [0.2, 0.25) is 0 Å². The maximum Gasteiger partial charge on any atom is 0.405 e. The summed E-state index contributed by atoms with van der Waals surface area (Å²) in [7, 11) is 3.17. The number of benzene rings is 1. The number of aromatic hydroxyl groups is 1. The Morgan fingerprint density at radius 3 is 2.47 bits per heavy atom. The van der Waals surface area contributed by atoms with E-state index in [-0.39, 0.29) is 23.5 Å². The van der Waals surface area contributed by atoms with Crippen LogP contribution in [0.2, 0.25) is 0 Å². The molecule has 1 aliphatic heterocycles. The molecule has 0 aromatic heterocycles. The van der Waals surface area contributed by atoms with Gasteiger partial charge in [0.15, 0.2) is 6.10 Å². The number of fused-ring (bicyclic) bond motifs is 2. The van der Waals surface area contributed by atoms with Gasteiger partial charge in [-0.1, -0.05) is 19.1 Å². The molecule has 3 unspecified atom stereocenters. The molecule has 4 N–H and O–H groups in total. The second-order valence-electron chi connectivity index (χ2n) is 9.44. The highest BCUT2D eigenvalue weighted by Gasteiger charge is 2.26. The van der Waals surface area contributed by atoms with Crippen molar-refractivity contribution in [2.24, 2.45) is 11.7 Å². The Balaban J connectivity index is 2.40. The van der Waals surface area contributed by atoms with Crippen LogP contribution >= 0.6 is 0 Å².